The Hall–Kier alpha value is -1.55. The maximum atomic E-state index is 12.0. The molecule has 1 aromatic rings. The molecule has 0 bridgehead atoms. The topological polar surface area (TPSA) is 75.4 Å². The van der Waals surface area contributed by atoms with Crippen LogP contribution in [0.15, 0.2) is 18.2 Å². The van der Waals surface area contributed by atoms with Gasteiger partial charge >= 0.3 is 0 Å². The first-order chi connectivity index (χ1) is 7.74. The number of anilines is 1. The van der Waals surface area contributed by atoms with E-state index in [1.54, 1.807) is 39.0 Å². The zero-order valence-corrected chi connectivity index (χ0v) is 10.7. The van der Waals surface area contributed by atoms with Crippen molar-refractivity contribution in [2.45, 2.75) is 39.3 Å². The second kappa shape index (κ2) is 4.75. The number of hydrogen-bond acceptors (Lipinski definition) is 3. The fraction of sp³-hybridized carbons (Fsp3) is 0.462. The monoisotopic (exact) mass is 236 g/mol. The van der Waals surface area contributed by atoms with Crippen LogP contribution in [0.5, 0.6) is 0 Å². The summed E-state index contributed by atoms with van der Waals surface area (Å²) < 4.78 is 0. The van der Waals surface area contributed by atoms with E-state index in [-0.39, 0.29) is 5.91 Å². The first-order valence-corrected chi connectivity index (χ1v) is 5.61. The Morgan fingerprint density at radius 3 is 2.53 bits per heavy atom. The Morgan fingerprint density at radius 2 is 2.06 bits per heavy atom. The van der Waals surface area contributed by atoms with Gasteiger partial charge < -0.3 is 16.2 Å². The van der Waals surface area contributed by atoms with Gasteiger partial charge in [0.15, 0.2) is 0 Å². The summed E-state index contributed by atoms with van der Waals surface area (Å²) in [4.78, 5) is 12.0. The van der Waals surface area contributed by atoms with Gasteiger partial charge in [0, 0.05) is 11.3 Å². The summed E-state index contributed by atoms with van der Waals surface area (Å²) in [5.74, 6) is -0.201. The predicted molar refractivity (Wildman–Crippen MR) is 68.8 cm³/mol. The summed E-state index contributed by atoms with van der Waals surface area (Å²) in [7, 11) is 0. The molecule has 0 fully saturated rings. The molecule has 4 nitrogen and oxygen atoms in total. The van der Waals surface area contributed by atoms with Crippen molar-refractivity contribution in [3.63, 3.8) is 0 Å². The van der Waals surface area contributed by atoms with E-state index in [2.05, 4.69) is 5.32 Å². The number of nitrogens with two attached hydrogens (primary N) is 1. The molecule has 0 heterocycles. The van der Waals surface area contributed by atoms with E-state index in [4.69, 9.17) is 5.73 Å². The average Bonchev–Trinajstić information content (AvgIpc) is 2.15. The van der Waals surface area contributed by atoms with E-state index in [0.29, 0.717) is 11.3 Å². The number of hydrogen-bond donors (Lipinski definition) is 3. The maximum Gasteiger partial charge on any atom is 0.252 e. The Morgan fingerprint density at radius 1 is 1.47 bits per heavy atom. The van der Waals surface area contributed by atoms with E-state index in [1.807, 2.05) is 6.92 Å². The lowest BCUT2D eigenvalue weighted by Crippen LogP contribution is -2.51. The van der Waals surface area contributed by atoms with Crippen LogP contribution in [0.2, 0.25) is 0 Å². The summed E-state index contributed by atoms with van der Waals surface area (Å²) in [5, 5.41) is 12.4. The van der Waals surface area contributed by atoms with Crippen LogP contribution in [-0.2, 0) is 0 Å². The summed E-state index contributed by atoms with van der Waals surface area (Å²) in [5.41, 5.74) is 7.00. The molecule has 0 aliphatic carbocycles. The molecule has 1 atom stereocenters. The minimum atomic E-state index is -0.662. The van der Waals surface area contributed by atoms with Crippen LogP contribution in [0, 0.1) is 6.92 Å². The number of aliphatic hydroxyl groups is 1. The predicted octanol–water partition coefficient (Wildman–Crippen LogP) is 1.47. The number of nitrogens with one attached hydrogen (secondary N) is 1. The molecule has 1 rings (SSSR count). The molecule has 94 valence electrons. The summed E-state index contributed by atoms with van der Waals surface area (Å²) in [6.07, 6.45) is -0.625. The van der Waals surface area contributed by atoms with Crippen molar-refractivity contribution in [2.75, 3.05) is 5.73 Å². The van der Waals surface area contributed by atoms with Crippen molar-refractivity contribution < 1.29 is 9.90 Å². The molecule has 0 aliphatic heterocycles. The van der Waals surface area contributed by atoms with Gasteiger partial charge in [-0.3, -0.25) is 4.79 Å². The van der Waals surface area contributed by atoms with Crippen molar-refractivity contribution in [3.8, 4) is 0 Å². The molecule has 0 radical (unpaired) electrons. The number of rotatable bonds is 3. The number of nitrogen functional groups attached to an aromatic ring is 1. The minimum Gasteiger partial charge on any atom is -0.399 e. The van der Waals surface area contributed by atoms with Crippen molar-refractivity contribution in [1.82, 2.24) is 5.32 Å². The van der Waals surface area contributed by atoms with Crippen molar-refractivity contribution >= 4 is 11.6 Å². The zero-order valence-electron chi connectivity index (χ0n) is 10.7. The molecule has 1 amide bonds. The molecule has 0 aromatic heterocycles. The highest BCUT2D eigenvalue weighted by Crippen LogP contribution is 2.15. The van der Waals surface area contributed by atoms with Crippen molar-refractivity contribution in [2.24, 2.45) is 0 Å². The third kappa shape index (κ3) is 3.20. The van der Waals surface area contributed by atoms with Crippen LogP contribution in [0.1, 0.15) is 36.7 Å². The van der Waals surface area contributed by atoms with E-state index >= 15 is 0 Å². The zero-order chi connectivity index (χ0) is 13.2. The lowest BCUT2D eigenvalue weighted by molar-refractivity contribution is 0.0709. The van der Waals surface area contributed by atoms with Gasteiger partial charge in [-0.1, -0.05) is 0 Å². The fourth-order valence-corrected chi connectivity index (χ4v) is 1.41. The largest absolute Gasteiger partial charge is 0.399 e. The van der Waals surface area contributed by atoms with Crippen LogP contribution in [0.4, 0.5) is 5.69 Å². The quantitative estimate of drug-likeness (QED) is 0.696. The van der Waals surface area contributed by atoms with Gasteiger partial charge in [0.1, 0.15) is 0 Å². The maximum absolute atomic E-state index is 12.0. The van der Waals surface area contributed by atoms with E-state index in [1.165, 1.54) is 0 Å². The van der Waals surface area contributed by atoms with Gasteiger partial charge in [-0.2, -0.15) is 0 Å². The van der Waals surface area contributed by atoms with Crippen molar-refractivity contribution in [1.29, 1.82) is 0 Å². The van der Waals surface area contributed by atoms with Crippen LogP contribution in [0.25, 0.3) is 0 Å². The first kappa shape index (κ1) is 13.5. The molecule has 0 saturated heterocycles. The number of amides is 1. The lowest BCUT2D eigenvalue weighted by atomic mass is 9.97. The highest BCUT2D eigenvalue weighted by molar-refractivity contribution is 5.96. The van der Waals surface area contributed by atoms with Crippen LogP contribution in [0.3, 0.4) is 0 Å². The number of carbonyl (C=O) groups excluding carboxylic acids is 1. The molecule has 1 unspecified atom stereocenters. The number of aliphatic hydroxyl groups excluding tert-OH is 1. The van der Waals surface area contributed by atoms with E-state index in [9.17, 15) is 9.90 Å². The van der Waals surface area contributed by atoms with E-state index in [0.717, 1.165) is 5.56 Å². The highest BCUT2D eigenvalue weighted by Gasteiger charge is 2.26. The molecular formula is C13H20N2O2. The normalized spacial score (nSPS) is 13.2. The third-order valence-corrected chi connectivity index (χ3v) is 2.98. The standard InChI is InChI=1S/C13H20N2O2/c1-8-7-10(14)5-6-11(8)12(17)15-13(3,4)9(2)16/h5-7,9,16H,14H2,1-4H3,(H,15,17). The van der Waals surface area contributed by atoms with Gasteiger partial charge in [-0.05, 0) is 51.5 Å². The Bertz CT molecular complexity index is 425. The fourth-order valence-electron chi connectivity index (χ4n) is 1.41. The molecule has 0 aliphatic rings. The lowest BCUT2D eigenvalue weighted by Gasteiger charge is -2.29. The summed E-state index contributed by atoms with van der Waals surface area (Å²) in [6, 6.07) is 5.14. The van der Waals surface area contributed by atoms with Gasteiger partial charge in [-0.25, -0.2) is 0 Å². The molecule has 17 heavy (non-hydrogen) atoms. The highest BCUT2D eigenvalue weighted by atomic mass is 16.3. The molecule has 0 spiro atoms. The summed E-state index contributed by atoms with van der Waals surface area (Å²) in [6.45, 7) is 7.04. The Balaban J connectivity index is 2.91. The second-order valence-corrected chi connectivity index (χ2v) is 4.93. The van der Waals surface area contributed by atoms with Crippen LogP contribution < -0.4 is 11.1 Å². The third-order valence-electron chi connectivity index (χ3n) is 2.98. The Labute approximate surface area is 102 Å². The number of aryl methyl sites for hydroxylation is 1. The van der Waals surface area contributed by atoms with Gasteiger partial charge in [0.05, 0.1) is 11.6 Å². The van der Waals surface area contributed by atoms with Gasteiger partial charge in [0.25, 0.3) is 5.91 Å². The van der Waals surface area contributed by atoms with E-state index < -0.39 is 11.6 Å². The summed E-state index contributed by atoms with van der Waals surface area (Å²) >= 11 is 0. The SMILES string of the molecule is Cc1cc(N)ccc1C(=O)NC(C)(C)C(C)O. The minimum absolute atomic E-state index is 0.201. The van der Waals surface area contributed by atoms with Gasteiger partial charge in [0.2, 0.25) is 0 Å². The molecule has 1 aromatic carbocycles. The van der Waals surface area contributed by atoms with Crippen LogP contribution >= 0.6 is 0 Å². The van der Waals surface area contributed by atoms with Gasteiger partial charge in [-0.15, -0.1) is 0 Å². The smallest absolute Gasteiger partial charge is 0.252 e. The Kier molecular flexibility index (Phi) is 3.78. The first-order valence-electron chi connectivity index (χ1n) is 5.61. The number of carbonyl (C=O) groups is 1. The molecular weight excluding hydrogens is 216 g/mol. The number of benzene rings is 1. The molecule has 0 saturated carbocycles. The van der Waals surface area contributed by atoms with Crippen LogP contribution in [-0.4, -0.2) is 22.7 Å². The average molecular weight is 236 g/mol. The molecule has 4 heteroatoms. The second-order valence-electron chi connectivity index (χ2n) is 4.93. The van der Waals surface area contributed by atoms with Crippen molar-refractivity contribution in [3.05, 3.63) is 29.3 Å². The molecule has 4 N–H and O–H groups in total.